The minimum Gasteiger partial charge on any atom is -0.484 e. The van der Waals surface area contributed by atoms with Crippen LogP contribution in [-0.4, -0.2) is 84.9 Å². The van der Waals surface area contributed by atoms with Crippen molar-refractivity contribution in [3.8, 4) is 5.75 Å². The van der Waals surface area contributed by atoms with Crippen molar-refractivity contribution < 1.29 is 24.2 Å². The van der Waals surface area contributed by atoms with Crippen LogP contribution in [0.3, 0.4) is 0 Å². The molecule has 8 nitrogen and oxygen atoms in total. The molecule has 8 heteroatoms. The molecule has 2 amide bonds. The van der Waals surface area contributed by atoms with E-state index < -0.39 is 0 Å². The van der Waals surface area contributed by atoms with Gasteiger partial charge in [0.25, 0.3) is 5.91 Å². The minimum absolute atomic E-state index is 0.00441. The van der Waals surface area contributed by atoms with Crippen molar-refractivity contribution in [2.24, 2.45) is 11.8 Å². The Morgan fingerprint density at radius 3 is 2.48 bits per heavy atom. The molecule has 1 aromatic carbocycles. The van der Waals surface area contributed by atoms with Gasteiger partial charge >= 0.3 is 0 Å². The van der Waals surface area contributed by atoms with E-state index in [1.807, 2.05) is 4.90 Å². The van der Waals surface area contributed by atoms with E-state index in [-0.39, 0.29) is 30.6 Å². The molecule has 170 valence electrons. The Labute approximate surface area is 183 Å². The molecule has 2 N–H and O–H groups in total. The van der Waals surface area contributed by atoms with Gasteiger partial charge in [-0.05, 0) is 48.9 Å². The molecule has 0 unspecified atom stereocenters. The number of ether oxygens (including phenoxy) is 2. The van der Waals surface area contributed by atoms with Crippen LogP contribution in [0.4, 0.5) is 5.69 Å². The highest BCUT2D eigenvalue weighted by atomic mass is 16.5. The summed E-state index contributed by atoms with van der Waals surface area (Å²) in [5.41, 5.74) is 0.711. The summed E-state index contributed by atoms with van der Waals surface area (Å²) < 4.78 is 11.1. The number of anilines is 1. The van der Waals surface area contributed by atoms with Gasteiger partial charge in [0.2, 0.25) is 5.91 Å². The largest absolute Gasteiger partial charge is 0.484 e. The Hall–Kier alpha value is -2.16. The second-order valence-corrected chi connectivity index (χ2v) is 8.79. The monoisotopic (exact) mass is 431 g/mol. The van der Waals surface area contributed by atoms with Crippen LogP contribution in [0, 0.1) is 11.8 Å². The molecule has 3 fully saturated rings. The van der Waals surface area contributed by atoms with E-state index in [2.05, 4.69) is 10.2 Å². The fraction of sp³-hybridized carbons (Fsp3) is 0.652. The highest BCUT2D eigenvalue weighted by molar-refractivity contribution is 5.90. The van der Waals surface area contributed by atoms with Gasteiger partial charge in [0.05, 0.1) is 19.3 Å². The smallest absolute Gasteiger partial charge is 0.260 e. The van der Waals surface area contributed by atoms with E-state index in [0.29, 0.717) is 36.2 Å². The van der Waals surface area contributed by atoms with Crippen molar-refractivity contribution in [1.29, 1.82) is 0 Å². The summed E-state index contributed by atoms with van der Waals surface area (Å²) in [6.07, 6.45) is 1.77. The van der Waals surface area contributed by atoms with E-state index in [9.17, 15) is 14.7 Å². The van der Waals surface area contributed by atoms with Crippen LogP contribution >= 0.6 is 0 Å². The molecule has 2 aliphatic heterocycles. The third kappa shape index (κ3) is 5.37. The van der Waals surface area contributed by atoms with Gasteiger partial charge in [-0.2, -0.15) is 0 Å². The molecule has 0 spiro atoms. The Bertz CT molecular complexity index is 765. The summed E-state index contributed by atoms with van der Waals surface area (Å²) in [5, 5.41) is 13.5. The number of amides is 2. The summed E-state index contributed by atoms with van der Waals surface area (Å²) in [7, 11) is 0. The molecule has 1 aliphatic carbocycles. The van der Waals surface area contributed by atoms with Crippen molar-refractivity contribution in [3.05, 3.63) is 24.3 Å². The van der Waals surface area contributed by atoms with E-state index in [4.69, 9.17) is 9.47 Å². The standard InChI is InChI=1S/C23H33N3O5/c1-2-22(28)24-18-3-5-19(6-4-18)31-15-23(29)26-13-16-11-20(21(27)12-17(16)14-26)25-7-9-30-10-8-25/h3-6,16-17,20-21,27H,2,7-15H2,1H3,(H,24,28)/t16-,17+,20-,21-/m1/s1. The van der Waals surface area contributed by atoms with Crippen molar-refractivity contribution in [2.75, 3.05) is 51.3 Å². The number of hydrogen-bond donors (Lipinski definition) is 2. The van der Waals surface area contributed by atoms with Crippen LogP contribution in [0.5, 0.6) is 5.75 Å². The topological polar surface area (TPSA) is 91.3 Å². The number of aliphatic hydroxyl groups is 1. The summed E-state index contributed by atoms with van der Waals surface area (Å²) in [5.74, 6) is 1.33. The molecule has 4 rings (SSSR count). The lowest BCUT2D eigenvalue weighted by Gasteiger charge is -2.43. The van der Waals surface area contributed by atoms with Crippen LogP contribution in [-0.2, 0) is 14.3 Å². The summed E-state index contributed by atoms with van der Waals surface area (Å²) >= 11 is 0. The first-order chi connectivity index (χ1) is 15.0. The molecule has 0 aromatic heterocycles. The third-order valence-corrected chi connectivity index (χ3v) is 6.80. The zero-order valence-electron chi connectivity index (χ0n) is 18.2. The number of carbonyl (C=O) groups excluding carboxylic acids is 2. The second kappa shape index (κ2) is 9.97. The number of nitrogens with one attached hydrogen (secondary N) is 1. The number of nitrogens with zero attached hydrogens (tertiary/aromatic N) is 2. The number of hydrogen-bond acceptors (Lipinski definition) is 6. The van der Waals surface area contributed by atoms with Gasteiger partial charge in [-0.3, -0.25) is 14.5 Å². The number of fused-ring (bicyclic) bond motifs is 1. The van der Waals surface area contributed by atoms with Gasteiger partial charge in [-0.25, -0.2) is 0 Å². The van der Waals surface area contributed by atoms with Crippen LogP contribution < -0.4 is 10.1 Å². The second-order valence-electron chi connectivity index (χ2n) is 8.79. The van der Waals surface area contributed by atoms with Crippen molar-refractivity contribution in [3.63, 3.8) is 0 Å². The van der Waals surface area contributed by atoms with Crippen LogP contribution in [0.25, 0.3) is 0 Å². The van der Waals surface area contributed by atoms with Gasteiger partial charge in [-0.1, -0.05) is 6.92 Å². The number of benzene rings is 1. The Balaban J connectivity index is 1.26. The van der Waals surface area contributed by atoms with Crippen molar-refractivity contribution in [1.82, 2.24) is 9.80 Å². The summed E-state index contributed by atoms with van der Waals surface area (Å²) in [6, 6.07) is 7.22. The average Bonchev–Trinajstić information content (AvgIpc) is 3.21. The fourth-order valence-corrected chi connectivity index (χ4v) is 5.03. The number of carbonyl (C=O) groups is 2. The molecule has 31 heavy (non-hydrogen) atoms. The zero-order valence-corrected chi connectivity index (χ0v) is 18.2. The lowest BCUT2D eigenvalue weighted by atomic mass is 9.77. The fourth-order valence-electron chi connectivity index (χ4n) is 5.03. The molecule has 1 aromatic rings. The first-order valence-electron chi connectivity index (χ1n) is 11.3. The third-order valence-electron chi connectivity index (χ3n) is 6.80. The van der Waals surface area contributed by atoms with Crippen LogP contribution in [0.1, 0.15) is 26.2 Å². The lowest BCUT2D eigenvalue weighted by Crippen LogP contribution is -2.53. The Morgan fingerprint density at radius 2 is 1.81 bits per heavy atom. The summed E-state index contributed by atoms with van der Waals surface area (Å²) in [4.78, 5) is 28.4. The average molecular weight is 432 g/mol. The number of aliphatic hydroxyl groups excluding tert-OH is 1. The van der Waals surface area contributed by atoms with Gasteiger partial charge < -0.3 is 24.8 Å². The predicted molar refractivity (Wildman–Crippen MR) is 116 cm³/mol. The summed E-state index contributed by atoms with van der Waals surface area (Å²) in [6.45, 7) is 6.43. The molecule has 0 bridgehead atoms. The van der Waals surface area contributed by atoms with Gasteiger partial charge in [-0.15, -0.1) is 0 Å². The first kappa shape index (κ1) is 22.0. The zero-order chi connectivity index (χ0) is 21.8. The maximum Gasteiger partial charge on any atom is 0.260 e. The molecule has 3 aliphatic rings. The Morgan fingerprint density at radius 1 is 1.13 bits per heavy atom. The molecule has 2 saturated heterocycles. The quantitative estimate of drug-likeness (QED) is 0.707. The van der Waals surface area contributed by atoms with Crippen molar-refractivity contribution in [2.45, 2.75) is 38.3 Å². The van der Waals surface area contributed by atoms with E-state index in [1.165, 1.54) is 0 Å². The Kier molecular flexibility index (Phi) is 7.09. The van der Waals surface area contributed by atoms with Crippen LogP contribution in [0.2, 0.25) is 0 Å². The SMILES string of the molecule is CCC(=O)Nc1ccc(OCC(=O)N2C[C@H]3C[C@@H](N4CCOCC4)[C@H](O)C[C@H]3C2)cc1. The predicted octanol–water partition coefficient (Wildman–Crippen LogP) is 1.34. The normalized spacial score (nSPS) is 28.8. The minimum atomic E-state index is -0.336. The van der Waals surface area contributed by atoms with Gasteiger partial charge in [0, 0.05) is 44.3 Å². The first-order valence-corrected chi connectivity index (χ1v) is 11.3. The number of rotatable bonds is 6. The van der Waals surface area contributed by atoms with Gasteiger partial charge in [0.1, 0.15) is 5.75 Å². The number of morpholine rings is 1. The molecule has 1 saturated carbocycles. The lowest BCUT2D eigenvalue weighted by molar-refractivity contribution is -0.132. The van der Waals surface area contributed by atoms with Crippen molar-refractivity contribution >= 4 is 17.5 Å². The maximum atomic E-state index is 12.7. The van der Waals surface area contributed by atoms with E-state index in [1.54, 1.807) is 31.2 Å². The highest BCUT2D eigenvalue weighted by Gasteiger charge is 2.44. The molecular weight excluding hydrogens is 398 g/mol. The van der Waals surface area contributed by atoms with Crippen LogP contribution in [0.15, 0.2) is 24.3 Å². The maximum absolute atomic E-state index is 12.7. The van der Waals surface area contributed by atoms with E-state index >= 15 is 0 Å². The molecule has 0 radical (unpaired) electrons. The molecule has 4 atom stereocenters. The molecule has 2 heterocycles. The number of likely N-dealkylation sites (tertiary alicyclic amines) is 1. The van der Waals surface area contributed by atoms with E-state index in [0.717, 1.165) is 45.7 Å². The molecular formula is C23H33N3O5. The van der Waals surface area contributed by atoms with Gasteiger partial charge in [0.15, 0.2) is 6.61 Å². The highest BCUT2D eigenvalue weighted by Crippen LogP contribution is 2.38.